The zero-order valence-electron chi connectivity index (χ0n) is 11.4. The highest BCUT2D eigenvalue weighted by molar-refractivity contribution is 6.17. The predicted molar refractivity (Wildman–Crippen MR) is 66.7 cm³/mol. The molecule has 0 radical (unpaired) electrons. The lowest BCUT2D eigenvalue weighted by atomic mass is 9.95. The third kappa shape index (κ3) is 2.91. The van der Waals surface area contributed by atoms with Gasteiger partial charge in [0.15, 0.2) is 5.57 Å². The van der Waals surface area contributed by atoms with Crippen molar-refractivity contribution in [3.8, 4) is 0 Å². The highest BCUT2D eigenvalue weighted by atomic mass is 16.6. The smallest absolute Gasteiger partial charge is 0.346 e. The minimum absolute atomic E-state index is 0.0139. The second-order valence-corrected chi connectivity index (χ2v) is 4.69. The molecule has 1 aliphatic rings. The Balaban J connectivity index is 3.20. The number of esters is 2. The van der Waals surface area contributed by atoms with Crippen LogP contribution >= 0.6 is 0 Å². The Morgan fingerprint density at radius 1 is 1.44 bits per heavy atom. The zero-order valence-corrected chi connectivity index (χ0v) is 11.4. The Hall–Kier alpha value is -1.78. The fraction of sp³-hybridized carbons (Fsp3) is 0.538. The monoisotopic (exact) mass is 253 g/mol. The Kier molecular flexibility index (Phi) is 4.16. The van der Waals surface area contributed by atoms with Gasteiger partial charge in [-0.3, -0.25) is 0 Å². The van der Waals surface area contributed by atoms with Gasteiger partial charge in [0, 0.05) is 19.7 Å². The van der Waals surface area contributed by atoms with E-state index in [1.54, 1.807) is 33.0 Å². The third-order valence-corrected chi connectivity index (χ3v) is 2.49. The Bertz CT molecular complexity index is 419. The summed E-state index contributed by atoms with van der Waals surface area (Å²) in [5, 5.41) is 0. The lowest BCUT2D eigenvalue weighted by Crippen LogP contribution is -2.22. The Morgan fingerprint density at radius 3 is 2.56 bits per heavy atom. The van der Waals surface area contributed by atoms with E-state index < -0.39 is 17.5 Å². The Labute approximate surface area is 107 Å². The summed E-state index contributed by atoms with van der Waals surface area (Å²) in [6.07, 6.45) is 3.47. The van der Waals surface area contributed by atoms with Gasteiger partial charge >= 0.3 is 11.9 Å². The van der Waals surface area contributed by atoms with Gasteiger partial charge in [-0.25, -0.2) is 9.59 Å². The average molecular weight is 253 g/mol. The molecule has 0 amide bonds. The van der Waals surface area contributed by atoms with Crippen LogP contribution in [0.4, 0.5) is 0 Å². The van der Waals surface area contributed by atoms with Gasteiger partial charge in [0.25, 0.3) is 0 Å². The molecule has 0 bridgehead atoms. The van der Waals surface area contributed by atoms with Gasteiger partial charge in [-0.1, -0.05) is 0 Å². The summed E-state index contributed by atoms with van der Waals surface area (Å²) in [6, 6.07) is 0. The van der Waals surface area contributed by atoms with Crippen LogP contribution in [0.2, 0.25) is 0 Å². The summed E-state index contributed by atoms with van der Waals surface area (Å²) in [7, 11) is 3.71. The van der Waals surface area contributed by atoms with E-state index in [1.165, 1.54) is 0 Å². The molecular formula is C13H19NO4. The lowest BCUT2D eigenvalue weighted by Gasteiger charge is -2.19. The van der Waals surface area contributed by atoms with E-state index in [9.17, 15) is 9.59 Å². The van der Waals surface area contributed by atoms with Crippen molar-refractivity contribution in [2.24, 2.45) is 0 Å². The topological polar surface area (TPSA) is 55.8 Å². The van der Waals surface area contributed by atoms with Crippen molar-refractivity contribution in [2.45, 2.75) is 26.4 Å². The number of hydrogen-bond donors (Lipinski definition) is 0. The largest absolute Gasteiger partial charge is 0.462 e. The second kappa shape index (κ2) is 5.25. The van der Waals surface area contributed by atoms with Crippen LogP contribution in [-0.2, 0) is 19.1 Å². The van der Waals surface area contributed by atoms with E-state index in [-0.39, 0.29) is 12.2 Å². The first-order valence-electron chi connectivity index (χ1n) is 5.79. The molecule has 18 heavy (non-hydrogen) atoms. The lowest BCUT2D eigenvalue weighted by molar-refractivity contribution is -0.148. The second-order valence-electron chi connectivity index (χ2n) is 4.69. The van der Waals surface area contributed by atoms with E-state index in [0.717, 1.165) is 0 Å². The van der Waals surface area contributed by atoms with E-state index in [2.05, 4.69) is 0 Å². The van der Waals surface area contributed by atoms with Gasteiger partial charge in [-0.05, 0) is 33.0 Å². The fourth-order valence-electron chi connectivity index (χ4n) is 1.65. The average Bonchev–Trinajstić information content (AvgIpc) is 2.44. The summed E-state index contributed by atoms with van der Waals surface area (Å²) < 4.78 is 10.1. The number of hydrogen-bond acceptors (Lipinski definition) is 5. The minimum Gasteiger partial charge on any atom is -0.462 e. The molecule has 0 saturated heterocycles. The van der Waals surface area contributed by atoms with Crippen LogP contribution < -0.4 is 0 Å². The third-order valence-electron chi connectivity index (χ3n) is 2.49. The maximum Gasteiger partial charge on any atom is 0.346 e. The zero-order chi connectivity index (χ0) is 13.9. The molecule has 5 nitrogen and oxygen atoms in total. The predicted octanol–water partition coefficient (Wildman–Crippen LogP) is 1.26. The molecule has 0 aromatic heterocycles. The summed E-state index contributed by atoms with van der Waals surface area (Å²) in [5.74, 6) is -1.26. The van der Waals surface area contributed by atoms with Gasteiger partial charge in [-0.2, -0.15) is 0 Å². The number of nitrogens with zero attached hydrogens (tertiary/aromatic N) is 1. The molecule has 1 rings (SSSR count). The van der Waals surface area contributed by atoms with Crippen LogP contribution in [0.5, 0.6) is 0 Å². The number of ether oxygens (including phenoxy) is 2. The first kappa shape index (κ1) is 14.3. The summed E-state index contributed by atoms with van der Waals surface area (Å²) >= 11 is 0. The number of carbonyl (C=O) groups excluding carboxylic acids is 2. The molecule has 0 aliphatic carbocycles. The molecule has 0 aromatic rings. The van der Waals surface area contributed by atoms with Crippen molar-refractivity contribution < 1.29 is 19.1 Å². The highest BCUT2D eigenvalue weighted by Gasteiger charge is 2.42. The van der Waals surface area contributed by atoms with E-state index in [1.807, 2.05) is 19.0 Å². The van der Waals surface area contributed by atoms with Crippen LogP contribution in [0.25, 0.3) is 0 Å². The molecule has 0 saturated carbocycles. The molecule has 100 valence electrons. The fourth-order valence-corrected chi connectivity index (χ4v) is 1.65. The quantitative estimate of drug-likeness (QED) is 0.557. The van der Waals surface area contributed by atoms with E-state index >= 15 is 0 Å². The van der Waals surface area contributed by atoms with Crippen LogP contribution in [0.1, 0.15) is 20.8 Å². The van der Waals surface area contributed by atoms with Crippen molar-refractivity contribution >= 4 is 11.9 Å². The van der Waals surface area contributed by atoms with Gasteiger partial charge in [-0.15, -0.1) is 0 Å². The number of carbonyl (C=O) groups is 2. The molecule has 0 fully saturated rings. The van der Waals surface area contributed by atoms with Crippen molar-refractivity contribution in [1.29, 1.82) is 0 Å². The molecule has 0 spiro atoms. The molecule has 1 heterocycles. The van der Waals surface area contributed by atoms with Crippen LogP contribution in [0, 0.1) is 0 Å². The summed E-state index contributed by atoms with van der Waals surface area (Å²) in [4.78, 5) is 25.3. The van der Waals surface area contributed by atoms with Crippen molar-refractivity contribution in [3.63, 3.8) is 0 Å². The standard InChI is InChI=1S/C13H19NO4/c1-6-17-11(15)10-9(7-8-14(4)5)13(2,3)18-12(10)16/h7-8H,6H2,1-5H3/b8-7+. The Morgan fingerprint density at radius 2 is 2.06 bits per heavy atom. The van der Waals surface area contributed by atoms with E-state index in [4.69, 9.17) is 9.47 Å². The first-order chi connectivity index (χ1) is 8.29. The van der Waals surface area contributed by atoms with Crippen LogP contribution in [-0.4, -0.2) is 43.1 Å². The highest BCUT2D eigenvalue weighted by Crippen LogP contribution is 2.33. The summed E-state index contributed by atoms with van der Waals surface area (Å²) in [5.41, 5.74) is -0.286. The van der Waals surface area contributed by atoms with Gasteiger partial charge in [0.2, 0.25) is 0 Å². The van der Waals surface area contributed by atoms with Crippen LogP contribution in [0.3, 0.4) is 0 Å². The maximum absolute atomic E-state index is 11.8. The normalized spacial score (nSPS) is 18.2. The SMILES string of the molecule is CCOC(=O)C1=C(/C=C/N(C)C)C(C)(C)OC1=O. The van der Waals surface area contributed by atoms with Gasteiger partial charge in [0.1, 0.15) is 5.60 Å². The van der Waals surface area contributed by atoms with Gasteiger partial charge < -0.3 is 14.4 Å². The van der Waals surface area contributed by atoms with Crippen molar-refractivity contribution in [1.82, 2.24) is 4.90 Å². The number of rotatable bonds is 4. The van der Waals surface area contributed by atoms with Gasteiger partial charge in [0.05, 0.1) is 6.61 Å². The molecule has 5 heteroatoms. The molecule has 0 aromatic carbocycles. The molecule has 0 atom stereocenters. The van der Waals surface area contributed by atoms with Crippen molar-refractivity contribution in [2.75, 3.05) is 20.7 Å². The number of cyclic esters (lactones) is 1. The van der Waals surface area contributed by atoms with E-state index in [0.29, 0.717) is 5.57 Å². The molecular weight excluding hydrogens is 234 g/mol. The minimum atomic E-state index is -0.814. The van der Waals surface area contributed by atoms with Crippen LogP contribution in [0.15, 0.2) is 23.4 Å². The maximum atomic E-state index is 11.8. The molecule has 1 aliphatic heterocycles. The molecule has 0 N–H and O–H groups in total. The van der Waals surface area contributed by atoms with Crippen molar-refractivity contribution in [3.05, 3.63) is 23.4 Å². The molecule has 0 unspecified atom stereocenters. The summed E-state index contributed by atoms with van der Waals surface area (Å²) in [6.45, 7) is 5.40. The first-order valence-corrected chi connectivity index (χ1v) is 5.79.